The Morgan fingerprint density at radius 3 is 2.26 bits per heavy atom. The maximum atomic E-state index is 13.0. The van der Waals surface area contributed by atoms with Crippen LogP contribution < -0.4 is 5.32 Å². The lowest BCUT2D eigenvalue weighted by Gasteiger charge is -2.26. The van der Waals surface area contributed by atoms with Crippen molar-refractivity contribution in [2.45, 2.75) is 37.8 Å². The smallest absolute Gasteiger partial charge is 0.270 e. The maximum absolute atomic E-state index is 13.0. The van der Waals surface area contributed by atoms with Gasteiger partial charge in [-0.1, -0.05) is 48.5 Å². The zero-order chi connectivity index (χ0) is 18.6. The van der Waals surface area contributed by atoms with Crippen molar-refractivity contribution in [3.8, 4) is 16.9 Å². The molecule has 1 aliphatic carbocycles. The number of aliphatic hydroxyl groups is 1. The number of carbonyl (C=O) groups is 1. The van der Waals surface area contributed by atoms with Crippen LogP contribution in [0.3, 0.4) is 0 Å². The lowest BCUT2D eigenvalue weighted by atomic mass is 9.93. The molecule has 27 heavy (non-hydrogen) atoms. The van der Waals surface area contributed by atoms with Gasteiger partial charge in [-0.3, -0.25) is 4.79 Å². The molecule has 1 amide bonds. The van der Waals surface area contributed by atoms with Crippen molar-refractivity contribution in [2.24, 2.45) is 0 Å². The predicted molar refractivity (Wildman–Crippen MR) is 105 cm³/mol. The molecule has 0 saturated heterocycles. The molecule has 2 aromatic carbocycles. The molecule has 138 valence electrons. The molecule has 1 saturated carbocycles. The Hall–Kier alpha value is -2.92. The summed E-state index contributed by atoms with van der Waals surface area (Å²) in [5.41, 5.74) is 3.11. The number of carbonyl (C=O) groups excluding carboxylic acids is 1. The summed E-state index contributed by atoms with van der Waals surface area (Å²) < 4.78 is 1.70. The molecule has 0 spiro atoms. The van der Waals surface area contributed by atoms with Crippen LogP contribution in [0.5, 0.6) is 0 Å². The summed E-state index contributed by atoms with van der Waals surface area (Å²) in [5.74, 6) is -0.130. The fraction of sp³-hybridized carbons (Fsp3) is 0.273. The van der Waals surface area contributed by atoms with E-state index in [0.29, 0.717) is 5.69 Å². The number of nitrogens with one attached hydrogen (secondary N) is 1. The van der Waals surface area contributed by atoms with E-state index in [0.717, 1.165) is 42.6 Å². The fourth-order valence-electron chi connectivity index (χ4n) is 3.54. The molecular formula is C22H23N3O2. The highest BCUT2D eigenvalue weighted by atomic mass is 16.3. The van der Waals surface area contributed by atoms with Crippen LogP contribution in [0, 0.1) is 0 Å². The third-order valence-electron chi connectivity index (χ3n) is 5.04. The Morgan fingerprint density at radius 2 is 1.59 bits per heavy atom. The third-order valence-corrected chi connectivity index (χ3v) is 5.04. The summed E-state index contributed by atoms with van der Waals surface area (Å²) >= 11 is 0. The molecule has 0 unspecified atom stereocenters. The first-order chi connectivity index (χ1) is 13.2. The summed E-state index contributed by atoms with van der Waals surface area (Å²) in [5, 5.41) is 17.5. The van der Waals surface area contributed by atoms with E-state index >= 15 is 0 Å². The number of para-hydroxylation sites is 1. The van der Waals surface area contributed by atoms with Crippen LogP contribution in [-0.4, -0.2) is 32.9 Å². The van der Waals surface area contributed by atoms with Crippen LogP contribution in [-0.2, 0) is 0 Å². The molecule has 0 atom stereocenters. The second-order valence-corrected chi connectivity index (χ2v) is 7.01. The van der Waals surface area contributed by atoms with Crippen LogP contribution >= 0.6 is 0 Å². The molecule has 5 heteroatoms. The molecule has 3 aromatic rings. The zero-order valence-corrected chi connectivity index (χ0v) is 15.1. The first-order valence-corrected chi connectivity index (χ1v) is 9.40. The van der Waals surface area contributed by atoms with Gasteiger partial charge in [-0.2, -0.15) is 5.10 Å². The standard InChI is InChI=1S/C22H23N3O2/c26-19-13-11-17(12-14-19)23-22(27)21-15-20(16-7-3-1-4-8-16)24-25(21)18-9-5-2-6-10-18/h1-10,15,17,19,26H,11-14H2,(H,23,27). The van der Waals surface area contributed by atoms with Gasteiger partial charge in [-0.25, -0.2) is 4.68 Å². The SMILES string of the molecule is O=C(NC1CCC(O)CC1)c1cc(-c2ccccc2)nn1-c1ccccc1. The molecule has 0 aliphatic heterocycles. The third kappa shape index (κ3) is 3.93. The molecular weight excluding hydrogens is 338 g/mol. The second-order valence-electron chi connectivity index (χ2n) is 7.01. The van der Waals surface area contributed by atoms with E-state index in [1.165, 1.54) is 0 Å². The molecule has 0 radical (unpaired) electrons. The Morgan fingerprint density at radius 1 is 0.963 bits per heavy atom. The number of hydrogen-bond acceptors (Lipinski definition) is 3. The quantitative estimate of drug-likeness (QED) is 0.746. The van der Waals surface area contributed by atoms with Crippen molar-refractivity contribution in [3.05, 3.63) is 72.4 Å². The van der Waals surface area contributed by atoms with Gasteiger partial charge in [0.2, 0.25) is 0 Å². The number of rotatable bonds is 4. The number of benzene rings is 2. The molecule has 1 fully saturated rings. The molecule has 1 aromatic heterocycles. The van der Waals surface area contributed by atoms with E-state index in [1.807, 2.05) is 66.7 Å². The molecule has 1 aliphatic rings. The summed E-state index contributed by atoms with van der Waals surface area (Å²) in [6, 6.07) is 21.5. The number of nitrogens with zero attached hydrogens (tertiary/aromatic N) is 2. The number of amides is 1. The van der Waals surface area contributed by atoms with Crippen molar-refractivity contribution >= 4 is 5.91 Å². The Bertz CT molecular complexity index is 898. The van der Waals surface area contributed by atoms with Gasteiger partial charge in [0.1, 0.15) is 5.69 Å². The van der Waals surface area contributed by atoms with Crippen LogP contribution in [0.25, 0.3) is 16.9 Å². The fourth-order valence-corrected chi connectivity index (χ4v) is 3.54. The van der Waals surface area contributed by atoms with E-state index in [-0.39, 0.29) is 18.1 Å². The average molecular weight is 361 g/mol. The van der Waals surface area contributed by atoms with Gasteiger partial charge in [-0.15, -0.1) is 0 Å². The number of aliphatic hydroxyl groups excluding tert-OH is 1. The summed E-state index contributed by atoms with van der Waals surface area (Å²) in [4.78, 5) is 13.0. The topological polar surface area (TPSA) is 67.2 Å². The van der Waals surface area contributed by atoms with Gasteiger partial charge in [0.25, 0.3) is 5.91 Å². The molecule has 5 nitrogen and oxygen atoms in total. The van der Waals surface area contributed by atoms with Crippen molar-refractivity contribution in [2.75, 3.05) is 0 Å². The van der Waals surface area contributed by atoms with Crippen molar-refractivity contribution in [1.29, 1.82) is 0 Å². The highest BCUT2D eigenvalue weighted by Crippen LogP contribution is 2.23. The van der Waals surface area contributed by atoms with Gasteiger partial charge in [0.05, 0.1) is 17.5 Å². The predicted octanol–water partition coefficient (Wildman–Crippen LogP) is 3.57. The minimum Gasteiger partial charge on any atom is -0.393 e. The van der Waals surface area contributed by atoms with Crippen LogP contribution in [0.4, 0.5) is 0 Å². The largest absolute Gasteiger partial charge is 0.393 e. The monoisotopic (exact) mass is 361 g/mol. The minimum absolute atomic E-state index is 0.0974. The van der Waals surface area contributed by atoms with Crippen molar-refractivity contribution < 1.29 is 9.90 Å². The average Bonchev–Trinajstić information content (AvgIpc) is 3.17. The van der Waals surface area contributed by atoms with Crippen LogP contribution in [0.2, 0.25) is 0 Å². The first kappa shape index (κ1) is 17.5. The van der Waals surface area contributed by atoms with E-state index < -0.39 is 0 Å². The van der Waals surface area contributed by atoms with Crippen molar-refractivity contribution in [3.63, 3.8) is 0 Å². The highest BCUT2D eigenvalue weighted by molar-refractivity contribution is 5.94. The summed E-state index contributed by atoms with van der Waals surface area (Å²) in [6.45, 7) is 0. The second kappa shape index (κ2) is 7.76. The maximum Gasteiger partial charge on any atom is 0.270 e. The first-order valence-electron chi connectivity index (χ1n) is 9.40. The zero-order valence-electron chi connectivity index (χ0n) is 15.1. The van der Waals surface area contributed by atoms with E-state index in [4.69, 9.17) is 5.10 Å². The molecule has 2 N–H and O–H groups in total. The van der Waals surface area contributed by atoms with E-state index in [9.17, 15) is 9.90 Å². The van der Waals surface area contributed by atoms with Crippen molar-refractivity contribution in [1.82, 2.24) is 15.1 Å². The van der Waals surface area contributed by atoms with Gasteiger partial charge in [0.15, 0.2) is 0 Å². The van der Waals surface area contributed by atoms with Gasteiger partial charge < -0.3 is 10.4 Å². The Balaban J connectivity index is 1.65. The lowest BCUT2D eigenvalue weighted by molar-refractivity contribution is 0.0860. The summed E-state index contributed by atoms with van der Waals surface area (Å²) in [6.07, 6.45) is 2.84. The normalized spacial score (nSPS) is 19.6. The Labute approximate surface area is 158 Å². The number of aromatic nitrogens is 2. The number of hydrogen-bond donors (Lipinski definition) is 2. The molecule has 1 heterocycles. The van der Waals surface area contributed by atoms with Crippen LogP contribution in [0.1, 0.15) is 36.2 Å². The lowest BCUT2D eigenvalue weighted by Crippen LogP contribution is -2.39. The van der Waals surface area contributed by atoms with Crippen LogP contribution in [0.15, 0.2) is 66.7 Å². The molecule has 4 rings (SSSR count). The minimum atomic E-state index is -0.238. The van der Waals surface area contributed by atoms with Gasteiger partial charge in [-0.05, 0) is 43.9 Å². The van der Waals surface area contributed by atoms with E-state index in [1.54, 1.807) is 4.68 Å². The van der Waals surface area contributed by atoms with Gasteiger partial charge in [0, 0.05) is 11.6 Å². The van der Waals surface area contributed by atoms with Gasteiger partial charge >= 0.3 is 0 Å². The summed E-state index contributed by atoms with van der Waals surface area (Å²) in [7, 11) is 0. The Kier molecular flexibility index (Phi) is 5.03. The highest BCUT2D eigenvalue weighted by Gasteiger charge is 2.24. The molecule has 0 bridgehead atoms. The van der Waals surface area contributed by atoms with E-state index in [2.05, 4.69) is 5.32 Å².